The molecule has 2 rings (SSSR count). The molecule has 0 N–H and O–H groups in total. The van der Waals surface area contributed by atoms with Crippen molar-refractivity contribution < 1.29 is 4.79 Å². The van der Waals surface area contributed by atoms with Gasteiger partial charge in [-0.2, -0.15) is 5.10 Å². The molecular formula is C13H15BrN4O. The van der Waals surface area contributed by atoms with E-state index in [1.807, 2.05) is 26.0 Å². The maximum absolute atomic E-state index is 12.7. The summed E-state index contributed by atoms with van der Waals surface area (Å²) in [6, 6.07) is 3.64. The van der Waals surface area contributed by atoms with E-state index in [1.165, 1.54) is 0 Å². The molecule has 0 aromatic carbocycles. The van der Waals surface area contributed by atoms with Crippen molar-refractivity contribution in [2.45, 2.75) is 20.4 Å². The first kappa shape index (κ1) is 13.7. The molecule has 2 heterocycles. The molecule has 0 unspecified atom stereocenters. The summed E-state index contributed by atoms with van der Waals surface area (Å²) in [7, 11) is 0. The van der Waals surface area contributed by atoms with Crippen LogP contribution in [0, 0.1) is 0 Å². The lowest BCUT2D eigenvalue weighted by atomic mass is 10.3. The fourth-order valence-electron chi connectivity index (χ4n) is 1.91. The van der Waals surface area contributed by atoms with Gasteiger partial charge in [-0.1, -0.05) is 0 Å². The van der Waals surface area contributed by atoms with Crippen LogP contribution < -0.4 is 4.90 Å². The van der Waals surface area contributed by atoms with Crippen LogP contribution in [-0.2, 0) is 6.54 Å². The Hall–Kier alpha value is -1.69. The molecule has 0 aliphatic rings. The van der Waals surface area contributed by atoms with E-state index in [-0.39, 0.29) is 5.91 Å². The van der Waals surface area contributed by atoms with Gasteiger partial charge in [0.15, 0.2) is 0 Å². The number of hydrogen-bond donors (Lipinski definition) is 0. The van der Waals surface area contributed by atoms with Crippen molar-refractivity contribution in [2.75, 3.05) is 11.4 Å². The maximum Gasteiger partial charge on any atom is 0.277 e. The van der Waals surface area contributed by atoms with Crippen LogP contribution in [0.1, 0.15) is 24.3 Å². The van der Waals surface area contributed by atoms with E-state index in [9.17, 15) is 4.79 Å². The molecule has 19 heavy (non-hydrogen) atoms. The van der Waals surface area contributed by atoms with Crippen LogP contribution in [-0.4, -0.2) is 27.2 Å². The summed E-state index contributed by atoms with van der Waals surface area (Å²) in [5.74, 6) is -0.0695. The third kappa shape index (κ3) is 2.68. The molecule has 0 radical (unpaired) electrons. The van der Waals surface area contributed by atoms with Crippen molar-refractivity contribution in [1.29, 1.82) is 0 Å². The number of aromatic nitrogens is 3. The zero-order valence-corrected chi connectivity index (χ0v) is 12.5. The number of carbonyl (C=O) groups excluding carboxylic acids is 1. The van der Waals surface area contributed by atoms with Crippen LogP contribution in [0.25, 0.3) is 0 Å². The zero-order chi connectivity index (χ0) is 13.8. The summed E-state index contributed by atoms with van der Waals surface area (Å²) < 4.78 is 2.41. The number of amides is 1. The minimum absolute atomic E-state index is 0.0695. The lowest BCUT2D eigenvalue weighted by Crippen LogP contribution is -2.32. The lowest BCUT2D eigenvalue weighted by molar-refractivity contribution is 0.0977. The Kier molecular flexibility index (Phi) is 4.31. The first-order valence-corrected chi connectivity index (χ1v) is 6.91. The Morgan fingerprint density at radius 1 is 1.37 bits per heavy atom. The molecule has 1 amide bonds. The van der Waals surface area contributed by atoms with E-state index in [4.69, 9.17) is 0 Å². The highest BCUT2D eigenvalue weighted by Crippen LogP contribution is 2.21. The first-order chi connectivity index (χ1) is 9.19. The smallest absolute Gasteiger partial charge is 0.277 e. The van der Waals surface area contributed by atoms with Gasteiger partial charge in [-0.25, -0.2) is 0 Å². The summed E-state index contributed by atoms with van der Waals surface area (Å²) in [4.78, 5) is 18.3. The molecule has 6 heteroatoms. The summed E-state index contributed by atoms with van der Waals surface area (Å²) >= 11 is 3.39. The van der Waals surface area contributed by atoms with Gasteiger partial charge in [-0.3, -0.25) is 14.5 Å². The molecule has 0 atom stereocenters. The zero-order valence-electron chi connectivity index (χ0n) is 10.9. The van der Waals surface area contributed by atoms with Gasteiger partial charge in [-0.15, -0.1) is 0 Å². The Bertz CT molecular complexity index is 567. The monoisotopic (exact) mass is 322 g/mol. The van der Waals surface area contributed by atoms with Crippen LogP contribution in [0.15, 0.2) is 35.2 Å². The minimum atomic E-state index is -0.0695. The average Bonchev–Trinajstić information content (AvgIpc) is 2.81. The van der Waals surface area contributed by atoms with Crippen molar-refractivity contribution in [3.63, 3.8) is 0 Å². The van der Waals surface area contributed by atoms with E-state index < -0.39 is 0 Å². The third-order valence-corrected chi connectivity index (χ3v) is 3.41. The normalized spacial score (nSPS) is 10.5. The fraction of sp³-hybridized carbons (Fsp3) is 0.308. The van der Waals surface area contributed by atoms with E-state index in [0.29, 0.717) is 23.3 Å². The van der Waals surface area contributed by atoms with Gasteiger partial charge in [0.2, 0.25) is 0 Å². The maximum atomic E-state index is 12.7. The molecule has 0 aliphatic heterocycles. The molecular weight excluding hydrogens is 308 g/mol. The predicted octanol–water partition coefficient (Wildman–Crippen LogP) is 2.73. The molecule has 0 fully saturated rings. The van der Waals surface area contributed by atoms with Crippen molar-refractivity contribution in [2.24, 2.45) is 0 Å². The third-order valence-electron chi connectivity index (χ3n) is 2.83. The second-order valence-electron chi connectivity index (χ2n) is 3.91. The van der Waals surface area contributed by atoms with Gasteiger partial charge >= 0.3 is 0 Å². The van der Waals surface area contributed by atoms with E-state index in [2.05, 4.69) is 26.0 Å². The molecule has 100 valence electrons. The first-order valence-electron chi connectivity index (χ1n) is 6.12. The highest BCUT2D eigenvalue weighted by molar-refractivity contribution is 9.10. The van der Waals surface area contributed by atoms with E-state index in [0.717, 1.165) is 5.69 Å². The Morgan fingerprint density at radius 2 is 2.05 bits per heavy atom. The Balaban J connectivity index is 2.39. The topological polar surface area (TPSA) is 51.0 Å². The summed E-state index contributed by atoms with van der Waals surface area (Å²) in [5, 5.41) is 4.18. The summed E-state index contributed by atoms with van der Waals surface area (Å²) in [5.41, 5.74) is 1.40. The molecule has 0 spiro atoms. The van der Waals surface area contributed by atoms with Crippen molar-refractivity contribution >= 4 is 27.5 Å². The van der Waals surface area contributed by atoms with Crippen LogP contribution in [0.2, 0.25) is 0 Å². The van der Waals surface area contributed by atoms with Crippen molar-refractivity contribution in [3.05, 3.63) is 40.9 Å². The fourth-order valence-corrected chi connectivity index (χ4v) is 2.38. The lowest BCUT2D eigenvalue weighted by Gasteiger charge is -2.21. The van der Waals surface area contributed by atoms with Gasteiger partial charge in [-0.05, 0) is 41.9 Å². The quantitative estimate of drug-likeness (QED) is 0.869. The van der Waals surface area contributed by atoms with Gasteiger partial charge in [0.25, 0.3) is 5.91 Å². The van der Waals surface area contributed by atoms with Gasteiger partial charge in [0.05, 0.1) is 10.7 Å². The van der Waals surface area contributed by atoms with Crippen molar-refractivity contribution in [1.82, 2.24) is 14.8 Å². The number of nitrogens with zero attached hydrogens (tertiary/aromatic N) is 4. The van der Waals surface area contributed by atoms with E-state index >= 15 is 0 Å². The number of carbonyl (C=O) groups is 1. The molecule has 2 aromatic rings. The Morgan fingerprint density at radius 3 is 2.63 bits per heavy atom. The minimum Gasteiger partial charge on any atom is -0.307 e. The van der Waals surface area contributed by atoms with Gasteiger partial charge in [0, 0.05) is 31.2 Å². The molecule has 0 aliphatic carbocycles. The molecule has 0 saturated heterocycles. The Labute approximate surface area is 120 Å². The van der Waals surface area contributed by atoms with Crippen molar-refractivity contribution in [3.8, 4) is 0 Å². The number of pyridine rings is 1. The highest BCUT2D eigenvalue weighted by Gasteiger charge is 2.22. The van der Waals surface area contributed by atoms with Crippen LogP contribution in [0.4, 0.5) is 5.69 Å². The SMILES string of the molecule is CCN(C(=O)c1c(Br)cnn1CC)c1ccncc1. The number of aryl methyl sites for hydroxylation is 1. The molecule has 0 saturated carbocycles. The number of halogens is 1. The van der Waals surface area contributed by atoms with E-state index in [1.54, 1.807) is 28.2 Å². The second-order valence-corrected chi connectivity index (χ2v) is 4.77. The largest absolute Gasteiger partial charge is 0.307 e. The number of anilines is 1. The standard InChI is InChI=1S/C13H15BrN4O/c1-3-17(10-5-7-15-8-6-10)13(19)12-11(14)9-16-18(12)4-2/h5-9H,3-4H2,1-2H3. The van der Waals surface area contributed by atoms with Gasteiger partial charge < -0.3 is 4.90 Å². The van der Waals surface area contributed by atoms with Crippen LogP contribution >= 0.6 is 15.9 Å². The highest BCUT2D eigenvalue weighted by atomic mass is 79.9. The average molecular weight is 323 g/mol. The molecule has 2 aromatic heterocycles. The second kappa shape index (κ2) is 5.97. The number of rotatable bonds is 4. The summed E-state index contributed by atoms with van der Waals surface area (Å²) in [6.45, 7) is 5.14. The van der Waals surface area contributed by atoms with Gasteiger partial charge in [0.1, 0.15) is 5.69 Å². The van der Waals surface area contributed by atoms with Crippen LogP contribution in [0.5, 0.6) is 0 Å². The van der Waals surface area contributed by atoms with Crippen LogP contribution in [0.3, 0.4) is 0 Å². The molecule has 0 bridgehead atoms. The summed E-state index contributed by atoms with van der Waals surface area (Å²) in [6.07, 6.45) is 5.01. The predicted molar refractivity (Wildman–Crippen MR) is 77.2 cm³/mol. The molecule has 5 nitrogen and oxygen atoms in total. The number of hydrogen-bond acceptors (Lipinski definition) is 3.